The highest BCUT2D eigenvalue weighted by molar-refractivity contribution is 7.99. The Labute approximate surface area is 148 Å². The van der Waals surface area contributed by atoms with Crippen molar-refractivity contribution in [3.8, 4) is 0 Å². The molecule has 1 aromatic carbocycles. The van der Waals surface area contributed by atoms with Crippen molar-refractivity contribution in [2.45, 2.75) is 39.0 Å². The molecule has 0 heterocycles. The third-order valence-corrected chi connectivity index (χ3v) is 4.58. The van der Waals surface area contributed by atoms with Gasteiger partial charge in [0.15, 0.2) is 0 Å². The summed E-state index contributed by atoms with van der Waals surface area (Å²) in [6.07, 6.45) is 0.991. The van der Waals surface area contributed by atoms with E-state index in [1.54, 1.807) is 17.0 Å². The maximum absolute atomic E-state index is 12.6. The molecule has 0 aliphatic carbocycles. The molecule has 0 spiro atoms. The number of nitro benzene ring substituents is 1. The number of nitro groups is 1. The fourth-order valence-electron chi connectivity index (χ4n) is 2.16. The quantitative estimate of drug-likeness (QED) is 0.278. The second-order valence-corrected chi connectivity index (χ2v) is 7.38. The van der Waals surface area contributed by atoms with Gasteiger partial charge in [0.25, 0.3) is 11.6 Å². The number of nitrogens with zero attached hydrogens (tertiary/aromatic N) is 2. The molecule has 0 unspecified atom stereocenters. The molecule has 1 amide bonds. The van der Waals surface area contributed by atoms with Crippen LogP contribution in [0.25, 0.3) is 0 Å². The number of hydrogen-bond donors (Lipinski definition) is 0. The van der Waals surface area contributed by atoms with Gasteiger partial charge < -0.3 is 4.90 Å². The molecule has 0 N–H and O–H groups in total. The minimum atomic E-state index is -0.413. The van der Waals surface area contributed by atoms with Crippen LogP contribution in [0.3, 0.4) is 0 Å². The van der Waals surface area contributed by atoms with Crippen LogP contribution in [0.1, 0.15) is 44.5 Å². The molecule has 5 nitrogen and oxygen atoms in total. The summed E-state index contributed by atoms with van der Waals surface area (Å²) in [7, 11) is 0. The Morgan fingerprint density at radius 1 is 1.42 bits per heavy atom. The van der Waals surface area contributed by atoms with E-state index >= 15 is 0 Å². The van der Waals surface area contributed by atoms with Crippen molar-refractivity contribution >= 4 is 23.4 Å². The fraction of sp³-hybridized carbons (Fsp3) is 0.500. The average molecular weight is 350 g/mol. The molecule has 0 saturated heterocycles. The summed E-state index contributed by atoms with van der Waals surface area (Å²) < 4.78 is 0. The summed E-state index contributed by atoms with van der Waals surface area (Å²) in [6.45, 7) is 12.8. The maximum Gasteiger partial charge on any atom is 0.283 e. The molecule has 0 atom stereocenters. The molecule has 0 saturated carbocycles. The van der Waals surface area contributed by atoms with E-state index in [0.717, 1.165) is 17.7 Å². The molecular formula is C18H26N2O3S. The van der Waals surface area contributed by atoms with Gasteiger partial charge >= 0.3 is 0 Å². The zero-order valence-corrected chi connectivity index (χ0v) is 15.7. The first-order chi connectivity index (χ1) is 11.3. The second-order valence-electron chi connectivity index (χ2n) is 6.25. The second kappa shape index (κ2) is 9.47. The maximum atomic E-state index is 12.6. The van der Waals surface area contributed by atoms with Gasteiger partial charge in [0, 0.05) is 24.7 Å². The van der Waals surface area contributed by atoms with Gasteiger partial charge in [0.05, 0.1) is 9.82 Å². The van der Waals surface area contributed by atoms with Gasteiger partial charge in [-0.15, -0.1) is 11.8 Å². The van der Waals surface area contributed by atoms with Crippen molar-refractivity contribution in [1.29, 1.82) is 0 Å². The largest absolute Gasteiger partial charge is 0.335 e. The average Bonchev–Trinajstić information content (AvgIpc) is 2.51. The molecule has 0 aromatic heterocycles. The topological polar surface area (TPSA) is 63.5 Å². The number of benzene rings is 1. The lowest BCUT2D eigenvalue weighted by Crippen LogP contribution is -2.32. The Morgan fingerprint density at radius 2 is 2.08 bits per heavy atom. The van der Waals surface area contributed by atoms with E-state index in [1.807, 2.05) is 13.8 Å². The zero-order valence-electron chi connectivity index (χ0n) is 14.9. The molecule has 0 aliphatic rings. The lowest BCUT2D eigenvalue weighted by atomic mass is 10.1. The predicted molar refractivity (Wildman–Crippen MR) is 99.7 cm³/mol. The lowest BCUT2D eigenvalue weighted by molar-refractivity contribution is -0.387. The molecule has 1 rings (SSSR count). The van der Waals surface area contributed by atoms with Gasteiger partial charge in [-0.25, -0.2) is 0 Å². The molecule has 6 heteroatoms. The highest BCUT2D eigenvalue weighted by Gasteiger charge is 2.20. The van der Waals surface area contributed by atoms with Gasteiger partial charge in [-0.1, -0.05) is 26.0 Å². The first kappa shape index (κ1) is 20.2. The van der Waals surface area contributed by atoms with E-state index in [1.165, 1.54) is 17.8 Å². The molecule has 0 fully saturated rings. The van der Waals surface area contributed by atoms with Crippen molar-refractivity contribution in [2.24, 2.45) is 5.92 Å². The van der Waals surface area contributed by atoms with Crippen molar-refractivity contribution in [2.75, 3.05) is 18.8 Å². The van der Waals surface area contributed by atoms with Crippen LogP contribution in [0.2, 0.25) is 0 Å². The van der Waals surface area contributed by atoms with E-state index in [4.69, 9.17) is 0 Å². The first-order valence-corrected chi connectivity index (χ1v) is 9.09. The molecule has 24 heavy (non-hydrogen) atoms. The Morgan fingerprint density at radius 3 is 2.58 bits per heavy atom. The molecule has 0 radical (unpaired) electrons. The van der Waals surface area contributed by atoms with Crippen molar-refractivity contribution in [3.63, 3.8) is 0 Å². The Kier molecular flexibility index (Phi) is 7.98. The van der Waals surface area contributed by atoms with E-state index < -0.39 is 4.92 Å². The smallest absolute Gasteiger partial charge is 0.283 e. The van der Waals surface area contributed by atoms with Crippen LogP contribution >= 0.6 is 11.8 Å². The van der Waals surface area contributed by atoms with Gasteiger partial charge in [0.2, 0.25) is 0 Å². The number of carbonyl (C=O) groups is 1. The Balaban J connectivity index is 3.01. The number of carbonyl (C=O) groups excluding carboxylic acids is 1. The molecule has 1 aromatic rings. The number of amides is 1. The normalized spacial score (nSPS) is 10.7. The van der Waals surface area contributed by atoms with Crippen LogP contribution in [-0.2, 0) is 0 Å². The predicted octanol–water partition coefficient (Wildman–Crippen LogP) is 4.77. The van der Waals surface area contributed by atoms with Crippen molar-refractivity contribution in [1.82, 2.24) is 4.90 Å². The van der Waals surface area contributed by atoms with Crippen LogP contribution in [-0.4, -0.2) is 34.6 Å². The van der Waals surface area contributed by atoms with Crippen LogP contribution in [0.4, 0.5) is 5.69 Å². The summed E-state index contributed by atoms with van der Waals surface area (Å²) in [4.78, 5) is 25.8. The monoisotopic (exact) mass is 350 g/mol. The van der Waals surface area contributed by atoms with Gasteiger partial charge in [-0.05, 0) is 44.1 Å². The van der Waals surface area contributed by atoms with Gasteiger partial charge in [0.1, 0.15) is 0 Å². The van der Waals surface area contributed by atoms with Crippen LogP contribution in [0.15, 0.2) is 35.2 Å². The molecule has 0 aliphatic heterocycles. The van der Waals surface area contributed by atoms with E-state index in [9.17, 15) is 14.9 Å². The third-order valence-electron chi connectivity index (χ3n) is 3.49. The first-order valence-electron chi connectivity index (χ1n) is 8.11. The standard InChI is InChI=1S/C18H26N2O3S/c1-6-19(12-14(4)5)18(21)15-7-8-17(16(11-15)20(22)23)24-10-9-13(2)3/h7-8,11,13H,4,6,9-10,12H2,1-3,5H3. The van der Waals surface area contributed by atoms with Gasteiger partial charge in [-0.2, -0.15) is 0 Å². The lowest BCUT2D eigenvalue weighted by Gasteiger charge is -2.21. The highest BCUT2D eigenvalue weighted by atomic mass is 32.2. The minimum Gasteiger partial charge on any atom is -0.335 e. The van der Waals surface area contributed by atoms with E-state index in [-0.39, 0.29) is 11.6 Å². The number of hydrogen-bond acceptors (Lipinski definition) is 4. The molecule has 0 bridgehead atoms. The van der Waals surface area contributed by atoms with Crippen LogP contribution < -0.4 is 0 Å². The number of likely N-dealkylation sites (N-methyl/N-ethyl adjacent to an activating group) is 1. The van der Waals surface area contributed by atoms with E-state index in [2.05, 4.69) is 20.4 Å². The molecule has 132 valence electrons. The fourth-order valence-corrected chi connectivity index (χ4v) is 3.41. The molecular weight excluding hydrogens is 324 g/mol. The minimum absolute atomic E-state index is 0.000911. The number of rotatable bonds is 9. The number of thioether (sulfide) groups is 1. The van der Waals surface area contributed by atoms with Crippen molar-refractivity contribution in [3.05, 3.63) is 46.0 Å². The summed E-state index contributed by atoms with van der Waals surface area (Å²) in [6, 6.07) is 4.75. The third kappa shape index (κ3) is 6.00. The zero-order chi connectivity index (χ0) is 18.3. The Hall–Kier alpha value is -1.82. The van der Waals surface area contributed by atoms with Crippen molar-refractivity contribution < 1.29 is 9.72 Å². The Bertz CT molecular complexity index is 614. The summed E-state index contributed by atoms with van der Waals surface area (Å²) in [5, 5.41) is 11.4. The van der Waals surface area contributed by atoms with E-state index in [0.29, 0.717) is 29.5 Å². The highest BCUT2D eigenvalue weighted by Crippen LogP contribution is 2.31. The van der Waals surface area contributed by atoms with Crippen LogP contribution in [0, 0.1) is 16.0 Å². The SMILES string of the molecule is C=C(C)CN(CC)C(=O)c1ccc(SCCC(C)C)c([N+](=O)[O-])c1. The van der Waals surface area contributed by atoms with Crippen LogP contribution in [0.5, 0.6) is 0 Å². The summed E-state index contributed by atoms with van der Waals surface area (Å²) >= 11 is 1.47. The van der Waals surface area contributed by atoms with Gasteiger partial charge in [-0.3, -0.25) is 14.9 Å². The summed E-state index contributed by atoms with van der Waals surface area (Å²) in [5.41, 5.74) is 1.22. The summed E-state index contributed by atoms with van der Waals surface area (Å²) in [5.74, 6) is 1.17.